The van der Waals surface area contributed by atoms with E-state index in [2.05, 4.69) is 0 Å². The monoisotopic (exact) mass is 369 g/mol. The first kappa shape index (κ1) is 21.0. The van der Waals surface area contributed by atoms with Crippen molar-refractivity contribution in [1.82, 2.24) is 0 Å². The minimum absolute atomic E-state index is 0.173. The summed E-state index contributed by atoms with van der Waals surface area (Å²) in [5.41, 5.74) is 0.614. The van der Waals surface area contributed by atoms with E-state index in [0.717, 1.165) is 11.6 Å². The first-order chi connectivity index (χ1) is 11.2. The second-order valence-electron chi connectivity index (χ2n) is 5.62. The number of hydrogen-bond donors (Lipinski definition) is 1. The summed E-state index contributed by atoms with van der Waals surface area (Å²) in [5.74, 6) is -12.4. The number of aryl methyl sites for hydroxylation is 3. The third kappa shape index (κ3) is 3.79. The minimum atomic E-state index is -6.59. The zero-order valence-electron chi connectivity index (χ0n) is 13.3. The average molecular weight is 369 g/mol. The molecule has 1 aromatic carbocycles. The van der Waals surface area contributed by atoms with Gasteiger partial charge in [0.1, 0.15) is 0 Å². The summed E-state index contributed by atoms with van der Waals surface area (Å²) < 4.78 is 89.9. The molecule has 0 aliphatic carbocycles. The quantitative estimate of drug-likeness (QED) is 0.617. The van der Waals surface area contributed by atoms with E-state index in [9.17, 15) is 35.8 Å². The van der Waals surface area contributed by atoms with Crippen LogP contribution in [0.4, 0.5) is 30.7 Å². The van der Waals surface area contributed by atoms with Gasteiger partial charge in [0.25, 0.3) is 0 Å². The van der Waals surface area contributed by atoms with Crippen LogP contribution in [0.25, 0.3) is 6.08 Å². The summed E-state index contributed by atoms with van der Waals surface area (Å²) in [5, 5.41) is 18.3. The molecule has 1 rings (SSSR count). The predicted molar refractivity (Wildman–Crippen MR) is 76.2 cm³/mol. The molecule has 0 aliphatic rings. The molecule has 25 heavy (non-hydrogen) atoms. The lowest BCUT2D eigenvalue weighted by molar-refractivity contribution is -0.367. The standard InChI is InChI=1S/C16H14F7NO/c1-8-4-9(2)12(10(3)5-8)6-11(7-24)13(25)14(17,18)15(19,20)16(21,22)23/h4-6,13,25H,1-3H3/b11-6+. The SMILES string of the molecule is Cc1cc(C)c(/C=C(\C#N)C(O)C(F)(F)C(F)(F)C(F)(F)F)c(C)c1. The van der Waals surface area contributed by atoms with Gasteiger partial charge in [0.2, 0.25) is 0 Å². The Morgan fingerprint density at radius 1 is 1.04 bits per heavy atom. The van der Waals surface area contributed by atoms with Crippen LogP contribution < -0.4 is 0 Å². The molecule has 2 nitrogen and oxygen atoms in total. The third-order valence-corrected chi connectivity index (χ3v) is 3.58. The summed E-state index contributed by atoms with van der Waals surface area (Å²) in [6.07, 6.45) is -9.53. The highest BCUT2D eigenvalue weighted by Gasteiger charge is 2.75. The number of rotatable bonds is 4. The molecule has 0 aliphatic heterocycles. The zero-order chi connectivity index (χ0) is 19.8. The van der Waals surface area contributed by atoms with Crippen molar-refractivity contribution in [2.24, 2.45) is 0 Å². The number of alkyl halides is 7. The topological polar surface area (TPSA) is 44.0 Å². The maximum atomic E-state index is 13.6. The van der Waals surface area contributed by atoms with Crippen molar-refractivity contribution in [3.8, 4) is 6.07 Å². The van der Waals surface area contributed by atoms with E-state index < -0.39 is 29.7 Å². The Balaban J connectivity index is 3.45. The van der Waals surface area contributed by atoms with E-state index in [1.807, 2.05) is 0 Å². The van der Waals surface area contributed by atoms with Crippen LogP contribution in [0.15, 0.2) is 17.7 Å². The van der Waals surface area contributed by atoms with E-state index in [4.69, 9.17) is 5.26 Å². The largest absolute Gasteiger partial charge is 0.459 e. The van der Waals surface area contributed by atoms with E-state index in [1.54, 1.807) is 19.1 Å². The van der Waals surface area contributed by atoms with Gasteiger partial charge in [-0.3, -0.25) is 0 Å². The second kappa shape index (κ2) is 6.67. The number of aliphatic hydroxyl groups excluding tert-OH is 1. The zero-order valence-corrected chi connectivity index (χ0v) is 13.3. The fourth-order valence-corrected chi connectivity index (χ4v) is 2.30. The number of nitrogens with zero attached hydrogens (tertiary/aromatic N) is 1. The highest BCUT2D eigenvalue weighted by molar-refractivity contribution is 5.64. The Morgan fingerprint density at radius 3 is 1.84 bits per heavy atom. The number of hydrogen-bond acceptors (Lipinski definition) is 2. The van der Waals surface area contributed by atoms with Gasteiger partial charge in [0, 0.05) is 0 Å². The molecule has 0 saturated heterocycles. The Kier molecular flexibility index (Phi) is 5.59. The molecule has 0 spiro atoms. The first-order valence-corrected chi connectivity index (χ1v) is 6.86. The van der Waals surface area contributed by atoms with Crippen LogP contribution in [0.1, 0.15) is 22.3 Å². The lowest BCUT2D eigenvalue weighted by atomic mass is 9.93. The van der Waals surface area contributed by atoms with Gasteiger partial charge in [-0.2, -0.15) is 36.0 Å². The van der Waals surface area contributed by atoms with E-state index >= 15 is 0 Å². The Hall–Kier alpha value is -2.08. The average Bonchev–Trinajstić information content (AvgIpc) is 2.44. The summed E-state index contributed by atoms with van der Waals surface area (Å²) in [6.45, 7) is 4.80. The normalized spacial score (nSPS) is 15.0. The summed E-state index contributed by atoms with van der Waals surface area (Å²) in [7, 11) is 0. The molecule has 0 aromatic heterocycles. The second-order valence-corrected chi connectivity index (χ2v) is 5.62. The maximum Gasteiger partial charge on any atom is 0.459 e. The van der Waals surface area contributed by atoms with Crippen LogP contribution in [-0.4, -0.2) is 29.2 Å². The molecule has 1 aromatic rings. The van der Waals surface area contributed by atoms with E-state index in [0.29, 0.717) is 17.2 Å². The Morgan fingerprint density at radius 2 is 1.48 bits per heavy atom. The van der Waals surface area contributed by atoms with Gasteiger partial charge in [-0.1, -0.05) is 17.7 Å². The van der Waals surface area contributed by atoms with Gasteiger partial charge in [0.15, 0.2) is 6.10 Å². The van der Waals surface area contributed by atoms with Gasteiger partial charge in [0.05, 0.1) is 11.6 Å². The summed E-state index contributed by atoms with van der Waals surface area (Å²) in [4.78, 5) is 0. The van der Waals surface area contributed by atoms with Crippen molar-refractivity contribution in [1.29, 1.82) is 5.26 Å². The van der Waals surface area contributed by atoms with Gasteiger partial charge >= 0.3 is 18.0 Å². The molecule has 1 N–H and O–H groups in total. The molecular formula is C16H14F7NO. The molecule has 1 atom stereocenters. The molecule has 0 bridgehead atoms. The van der Waals surface area contributed by atoms with Gasteiger partial charge in [-0.15, -0.1) is 0 Å². The predicted octanol–water partition coefficient (Wildman–Crippen LogP) is 4.71. The van der Waals surface area contributed by atoms with Crippen LogP contribution in [0.2, 0.25) is 0 Å². The highest BCUT2D eigenvalue weighted by atomic mass is 19.4. The third-order valence-electron chi connectivity index (χ3n) is 3.58. The van der Waals surface area contributed by atoms with Crippen LogP contribution in [0.5, 0.6) is 0 Å². The lowest BCUT2D eigenvalue weighted by Crippen LogP contribution is -2.58. The molecule has 0 radical (unpaired) electrons. The molecule has 1 unspecified atom stereocenters. The van der Waals surface area contributed by atoms with Gasteiger partial charge in [-0.05, 0) is 43.5 Å². The van der Waals surface area contributed by atoms with Crippen molar-refractivity contribution in [2.45, 2.75) is 44.9 Å². The van der Waals surface area contributed by atoms with Crippen molar-refractivity contribution in [3.05, 3.63) is 40.0 Å². The van der Waals surface area contributed by atoms with Gasteiger partial charge in [-0.25, -0.2) is 0 Å². The molecule has 0 saturated carbocycles. The molecule has 9 heteroatoms. The van der Waals surface area contributed by atoms with E-state index in [1.165, 1.54) is 13.8 Å². The Labute approximate surface area is 139 Å². The lowest BCUT2D eigenvalue weighted by Gasteiger charge is -2.31. The fourth-order valence-electron chi connectivity index (χ4n) is 2.30. The summed E-state index contributed by atoms with van der Waals surface area (Å²) >= 11 is 0. The molecular weight excluding hydrogens is 355 g/mol. The minimum Gasteiger partial charge on any atom is -0.381 e. The fraction of sp³-hybridized carbons (Fsp3) is 0.438. The van der Waals surface area contributed by atoms with E-state index in [-0.39, 0.29) is 5.56 Å². The smallest absolute Gasteiger partial charge is 0.381 e. The van der Waals surface area contributed by atoms with Gasteiger partial charge < -0.3 is 5.11 Å². The van der Waals surface area contributed by atoms with Crippen LogP contribution in [-0.2, 0) is 0 Å². The number of aliphatic hydroxyl groups is 1. The Bertz CT molecular complexity index is 706. The van der Waals surface area contributed by atoms with Crippen molar-refractivity contribution in [3.63, 3.8) is 0 Å². The molecule has 138 valence electrons. The van der Waals surface area contributed by atoms with Crippen LogP contribution in [0.3, 0.4) is 0 Å². The van der Waals surface area contributed by atoms with Crippen LogP contribution >= 0.6 is 0 Å². The number of benzene rings is 1. The molecule has 0 amide bonds. The molecule has 0 heterocycles. The van der Waals surface area contributed by atoms with Crippen molar-refractivity contribution < 1.29 is 35.8 Å². The number of halogens is 7. The van der Waals surface area contributed by atoms with Crippen molar-refractivity contribution in [2.75, 3.05) is 0 Å². The molecule has 0 fully saturated rings. The van der Waals surface area contributed by atoms with Crippen LogP contribution in [0, 0.1) is 32.1 Å². The highest BCUT2D eigenvalue weighted by Crippen LogP contribution is 2.49. The summed E-state index contributed by atoms with van der Waals surface area (Å²) in [6, 6.07) is 4.28. The van der Waals surface area contributed by atoms with Crippen molar-refractivity contribution >= 4 is 6.08 Å². The first-order valence-electron chi connectivity index (χ1n) is 6.86. The number of nitriles is 1. The maximum absolute atomic E-state index is 13.6.